The van der Waals surface area contributed by atoms with Gasteiger partial charge in [0, 0.05) is 32.5 Å². The summed E-state index contributed by atoms with van der Waals surface area (Å²) < 4.78 is 43.2. The molecule has 0 bridgehead atoms. The molecule has 3 aliphatic rings. The Morgan fingerprint density at radius 3 is 2.39 bits per heavy atom. The topological polar surface area (TPSA) is 117 Å². The van der Waals surface area contributed by atoms with E-state index in [1.165, 1.54) is 0 Å². The van der Waals surface area contributed by atoms with E-state index in [0.717, 1.165) is 41.3 Å². The molecule has 0 radical (unpaired) electrons. The lowest BCUT2D eigenvalue weighted by Gasteiger charge is -2.18. The third-order valence-corrected chi connectivity index (χ3v) is 12.8. The standard InChI is InChI=1S/C33H39ClN4O6SSi/c1-46(2)16-13-41-20-38-32-26(35-33(38)44-28-19-43-30-27(39)18-42-31(28)30)17-25(34)29(36-32)23-7-5-21(6-8-23)22-9-11-24(12-10-22)37-45(40)14-3-4-15-45/h5-12,17,27-28,30-31,39,46H,3-4,13-16,18-20H2,1-2H3/t27-,28-,30-,31-/m1/s1. The summed E-state index contributed by atoms with van der Waals surface area (Å²) in [5.41, 5.74) is 5.53. The van der Waals surface area contributed by atoms with Crippen molar-refractivity contribution in [3.8, 4) is 28.4 Å². The highest BCUT2D eigenvalue weighted by Crippen LogP contribution is 2.35. The molecule has 0 unspecified atom stereocenters. The summed E-state index contributed by atoms with van der Waals surface area (Å²) >= 11 is 6.79. The largest absolute Gasteiger partial charge is 0.456 e. The lowest BCUT2D eigenvalue weighted by molar-refractivity contribution is 0.00337. The molecule has 3 aliphatic heterocycles. The fourth-order valence-corrected chi connectivity index (χ4v) is 9.24. The van der Waals surface area contributed by atoms with Crippen molar-refractivity contribution in [2.24, 2.45) is 4.36 Å². The molecule has 4 aromatic rings. The highest BCUT2D eigenvalue weighted by molar-refractivity contribution is 7.93. The van der Waals surface area contributed by atoms with Crippen molar-refractivity contribution in [3.05, 3.63) is 59.6 Å². The number of nitrogens with zero attached hydrogens (tertiary/aromatic N) is 4. The number of halogens is 1. The first-order chi connectivity index (χ1) is 22.3. The first kappa shape index (κ1) is 31.7. The fourth-order valence-electron chi connectivity index (χ4n) is 6.14. The van der Waals surface area contributed by atoms with E-state index in [1.54, 1.807) is 6.07 Å². The number of hydrogen-bond acceptors (Lipinski definition) is 9. The molecule has 2 aromatic carbocycles. The summed E-state index contributed by atoms with van der Waals surface area (Å²) in [4.78, 5) is 9.72. The van der Waals surface area contributed by atoms with Crippen molar-refractivity contribution >= 4 is 47.0 Å². The maximum Gasteiger partial charge on any atom is 0.301 e. The van der Waals surface area contributed by atoms with Gasteiger partial charge in [-0.25, -0.2) is 9.19 Å². The number of aliphatic hydroxyl groups excluding tert-OH is 1. The molecular weight excluding hydrogens is 644 g/mol. The third-order valence-electron chi connectivity index (χ3n) is 8.75. The Kier molecular flexibility index (Phi) is 9.21. The summed E-state index contributed by atoms with van der Waals surface area (Å²) in [6, 6.07) is 19.2. The van der Waals surface area contributed by atoms with Crippen LogP contribution in [-0.4, -0.2) is 88.4 Å². The summed E-state index contributed by atoms with van der Waals surface area (Å²) in [6.07, 6.45) is 0.106. The first-order valence-electron chi connectivity index (χ1n) is 15.9. The minimum Gasteiger partial charge on any atom is -0.456 e. The predicted octanol–water partition coefficient (Wildman–Crippen LogP) is 5.68. The second-order valence-corrected chi connectivity index (χ2v) is 18.9. The molecule has 2 aromatic heterocycles. The number of benzene rings is 2. The molecule has 46 heavy (non-hydrogen) atoms. The highest BCUT2D eigenvalue weighted by atomic mass is 35.5. The minimum absolute atomic E-state index is 0.219. The third kappa shape index (κ3) is 6.62. The number of hydrogen-bond donors (Lipinski definition) is 1. The van der Waals surface area contributed by atoms with E-state index in [9.17, 15) is 9.32 Å². The van der Waals surface area contributed by atoms with Gasteiger partial charge in [-0.05, 0) is 48.2 Å². The van der Waals surface area contributed by atoms with E-state index >= 15 is 0 Å². The van der Waals surface area contributed by atoms with Crippen LogP contribution in [0, 0.1) is 0 Å². The lowest BCUT2D eigenvalue weighted by Crippen LogP contribution is -2.35. The second kappa shape index (κ2) is 13.3. The molecule has 10 nitrogen and oxygen atoms in total. The molecule has 3 fully saturated rings. The molecule has 0 aliphatic carbocycles. The molecule has 0 spiro atoms. The molecule has 0 saturated carbocycles. The molecule has 0 amide bonds. The van der Waals surface area contributed by atoms with Gasteiger partial charge in [-0.15, -0.1) is 0 Å². The van der Waals surface area contributed by atoms with Crippen molar-refractivity contribution in [3.63, 3.8) is 0 Å². The Bertz CT molecular complexity index is 1810. The zero-order valence-electron chi connectivity index (χ0n) is 26.0. The summed E-state index contributed by atoms with van der Waals surface area (Å²) in [5, 5.41) is 10.7. The SMILES string of the molecule is C[SiH](C)CCOCn1c(O[C@@H]2CO[C@H]3[C@@H]2OC[C@H]3O)nc2cc(Cl)c(-c3ccc(-c4ccc(N=S5(=O)CCCC5)cc4)cc3)nc21. The van der Waals surface area contributed by atoms with Gasteiger partial charge in [-0.2, -0.15) is 9.35 Å². The number of ether oxygens (including phenoxy) is 4. The summed E-state index contributed by atoms with van der Waals surface area (Å²) in [6.45, 7) is 5.97. The van der Waals surface area contributed by atoms with Gasteiger partial charge in [0.1, 0.15) is 30.6 Å². The summed E-state index contributed by atoms with van der Waals surface area (Å²) in [5.74, 6) is 1.38. The van der Waals surface area contributed by atoms with Crippen molar-refractivity contribution < 1.29 is 28.3 Å². The Morgan fingerprint density at radius 2 is 1.67 bits per heavy atom. The van der Waals surface area contributed by atoms with Crippen LogP contribution in [0.25, 0.3) is 33.5 Å². The number of fused-ring (bicyclic) bond motifs is 2. The first-order valence-corrected chi connectivity index (χ1v) is 21.3. The van der Waals surface area contributed by atoms with E-state index in [4.69, 9.17) is 40.5 Å². The normalized spacial score (nSPS) is 23.8. The van der Waals surface area contributed by atoms with Gasteiger partial charge in [-0.3, -0.25) is 4.57 Å². The smallest absolute Gasteiger partial charge is 0.301 e. The van der Waals surface area contributed by atoms with Crippen LogP contribution >= 0.6 is 11.6 Å². The van der Waals surface area contributed by atoms with Crippen LogP contribution in [0.2, 0.25) is 24.2 Å². The Morgan fingerprint density at radius 1 is 1.00 bits per heavy atom. The van der Waals surface area contributed by atoms with Crippen LogP contribution < -0.4 is 4.74 Å². The Hall–Kier alpha value is -2.84. The number of aliphatic hydroxyl groups is 1. The second-order valence-electron chi connectivity index (χ2n) is 12.6. The van der Waals surface area contributed by atoms with Gasteiger partial charge in [-0.1, -0.05) is 61.1 Å². The molecule has 13 heteroatoms. The maximum absolute atomic E-state index is 12.8. The van der Waals surface area contributed by atoms with Gasteiger partial charge < -0.3 is 24.1 Å². The van der Waals surface area contributed by atoms with Gasteiger partial charge in [0.05, 0.1) is 39.3 Å². The number of imidazole rings is 1. The number of rotatable bonds is 10. The van der Waals surface area contributed by atoms with Crippen molar-refractivity contribution in [1.82, 2.24) is 14.5 Å². The van der Waals surface area contributed by atoms with Gasteiger partial charge in [0.2, 0.25) is 0 Å². The molecule has 1 N–H and O–H groups in total. The number of pyridine rings is 1. The zero-order chi connectivity index (χ0) is 31.8. The van der Waals surface area contributed by atoms with E-state index in [1.807, 2.05) is 53.1 Å². The zero-order valence-corrected chi connectivity index (χ0v) is 28.7. The van der Waals surface area contributed by atoms with E-state index in [0.29, 0.717) is 52.6 Å². The molecular formula is C33H39ClN4O6SSi. The van der Waals surface area contributed by atoms with Crippen LogP contribution in [0.1, 0.15) is 12.8 Å². The van der Waals surface area contributed by atoms with Crippen LogP contribution in [0.4, 0.5) is 5.69 Å². The average Bonchev–Trinajstić information content (AvgIpc) is 3.82. The Labute approximate surface area is 275 Å². The molecule has 3 saturated heterocycles. The number of aromatic nitrogens is 3. The Balaban J connectivity index is 1.15. The fraction of sp³-hybridized carbons (Fsp3) is 0.455. The van der Waals surface area contributed by atoms with Crippen LogP contribution in [0.3, 0.4) is 0 Å². The van der Waals surface area contributed by atoms with Crippen molar-refractivity contribution in [1.29, 1.82) is 0 Å². The van der Waals surface area contributed by atoms with E-state index in [-0.39, 0.29) is 19.4 Å². The van der Waals surface area contributed by atoms with Crippen LogP contribution in [0.5, 0.6) is 6.01 Å². The van der Waals surface area contributed by atoms with E-state index in [2.05, 4.69) is 17.5 Å². The van der Waals surface area contributed by atoms with Crippen LogP contribution in [-0.2, 0) is 30.7 Å². The maximum atomic E-state index is 12.8. The molecule has 7 rings (SSSR count). The molecule has 244 valence electrons. The van der Waals surface area contributed by atoms with E-state index < -0.39 is 36.8 Å². The predicted molar refractivity (Wildman–Crippen MR) is 182 cm³/mol. The summed E-state index contributed by atoms with van der Waals surface area (Å²) in [7, 11) is -2.87. The highest BCUT2D eigenvalue weighted by Gasteiger charge is 2.49. The van der Waals surface area contributed by atoms with Gasteiger partial charge in [0.25, 0.3) is 0 Å². The monoisotopic (exact) mass is 682 g/mol. The molecule has 5 heterocycles. The van der Waals surface area contributed by atoms with Crippen molar-refractivity contribution in [2.45, 2.75) is 63.1 Å². The van der Waals surface area contributed by atoms with Gasteiger partial charge >= 0.3 is 6.01 Å². The van der Waals surface area contributed by atoms with Gasteiger partial charge in [0.15, 0.2) is 11.8 Å². The van der Waals surface area contributed by atoms with Crippen molar-refractivity contribution in [2.75, 3.05) is 31.3 Å². The minimum atomic E-state index is -2.10. The lowest BCUT2D eigenvalue weighted by atomic mass is 10.0. The molecule has 4 atom stereocenters. The van der Waals surface area contributed by atoms with Crippen LogP contribution in [0.15, 0.2) is 59.0 Å². The average molecular weight is 683 g/mol. The quantitative estimate of drug-likeness (QED) is 0.168.